The predicted molar refractivity (Wildman–Crippen MR) is 614 cm³/mol. The second-order valence-electron chi connectivity index (χ2n) is 38.0. The summed E-state index contributed by atoms with van der Waals surface area (Å²) < 4.78 is 17.6. The van der Waals surface area contributed by atoms with E-state index in [9.17, 15) is 42.1 Å². The lowest BCUT2D eigenvalue weighted by atomic mass is 9.85. The number of para-hydroxylation sites is 2. The SMILES string of the molecule is N#Cc1cc2c3cc4c(cc3c3c5ccccc5c5ccccc5c3c2cc1C#N)oc1ccccc14.N#Cc1cc2c3cc4c(cc3c3c5ccccc5c5ccccc5c3c2cc1C#N)sc1ccccc14.N#Cc1cc2c3cc4oc5ccccc5c4cc3c3c4ccccc4c4ccccc4c3c2cc1C#N.N#Cc1cc2c3cc4sc5ccccc5c4cc3c3c4ccccc4c4ccccc4c3c2cc1C#N. The lowest BCUT2D eigenvalue weighted by Crippen LogP contribution is -1.91. The summed E-state index contributed by atoms with van der Waals surface area (Å²) in [5, 5.41) is 133. The largest absolute Gasteiger partial charge is 0.456 e. The third-order valence-corrected chi connectivity index (χ3v) is 33.0. The maximum Gasteiger partial charge on any atom is 0.136 e. The summed E-state index contributed by atoms with van der Waals surface area (Å²) in [6, 6.07) is 153. The minimum absolute atomic E-state index is 0.380. The zero-order valence-electron chi connectivity index (χ0n) is 78.2. The molecule has 12 heteroatoms. The third kappa shape index (κ3) is 12.1. The lowest BCUT2D eigenvalue weighted by molar-refractivity contribution is 0.669. The molecule has 0 spiro atoms. The van der Waals surface area contributed by atoms with E-state index in [2.05, 4.69) is 352 Å². The molecule has 148 heavy (non-hydrogen) atoms. The van der Waals surface area contributed by atoms with Gasteiger partial charge in [-0.3, -0.25) is 0 Å². The van der Waals surface area contributed by atoms with Gasteiger partial charge in [-0.2, -0.15) is 42.1 Å². The van der Waals surface area contributed by atoms with Crippen LogP contribution in [0.1, 0.15) is 44.5 Å². The van der Waals surface area contributed by atoms with Crippen LogP contribution in [0, 0.1) is 90.6 Å². The summed E-state index contributed by atoms with van der Waals surface area (Å²) in [6.45, 7) is 0. The monoisotopic (exact) mass is 1900 g/mol. The van der Waals surface area contributed by atoms with E-state index in [4.69, 9.17) is 8.83 Å². The Hall–Kier alpha value is -20.7. The highest BCUT2D eigenvalue weighted by molar-refractivity contribution is 7.26. The van der Waals surface area contributed by atoms with Crippen LogP contribution in [-0.2, 0) is 0 Å². The van der Waals surface area contributed by atoms with Gasteiger partial charge >= 0.3 is 0 Å². The fraction of sp³-hybridized carbons (Fsp3) is 0. The van der Waals surface area contributed by atoms with Crippen LogP contribution in [0.15, 0.2) is 397 Å². The molecule has 0 aliphatic rings. The first-order valence-corrected chi connectivity index (χ1v) is 50.2. The van der Waals surface area contributed by atoms with E-state index in [1.54, 1.807) is 11.3 Å². The molecule has 10 nitrogen and oxygen atoms in total. The van der Waals surface area contributed by atoms with Gasteiger partial charge in [-0.15, -0.1) is 22.7 Å². The highest BCUT2D eigenvalue weighted by Crippen LogP contribution is 2.54. The zero-order chi connectivity index (χ0) is 98.7. The summed E-state index contributed by atoms with van der Waals surface area (Å²) in [6.07, 6.45) is 0. The van der Waals surface area contributed by atoms with Crippen LogP contribution < -0.4 is 0 Å². The van der Waals surface area contributed by atoms with Crippen molar-refractivity contribution in [3.8, 4) is 48.6 Å². The molecule has 0 fully saturated rings. The van der Waals surface area contributed by atoms with E-state index in [1.165, 1.54) is 116 Å². The van der Waals surface area contributed by atoms with E-state index < -0.39 is 0 Å². The molecule has 32 rings (SSSR count). The fourth-order valence-electron chi connectivity index (χ4n) is 24.5. The molecule has 32 aromatic rings. The molecular formula is C136H64N8O2S2. The minimum Gasteiger partial charge on any atom is -0.456 e. The highest BCUT2D eigenvalue weighted by Gasteiger charge is 2.28. The Morgan fingerprint density at radius 3 is 0.568 bits per heavy atom. The van der Waals surface area contributed by atoms with Gasteiger partial charge in [0.05, 0.1) is 44.5 Å². The van der Waals surface area contributed by atoms with Crippen molar-refractivity contribution in [3.63, 3.8) is 0 Å². The van der Waals surface area contributed by atoms with Crippen molar-refractivity contribution in [2.24, 2.45) is 0 Å². The van der Waals surface area contributed by atoms with Crippen molar-refractivity contribution in [2.45, 2.75) is 0 Å². The van der Waals surface area contributed by atoms with Crippen molar-refractivity contribution in [1.29, 1.82) is 42.1 Å². The van der Waals surface area contributed by atoms with Crippen LogP contribution in [0.2, 0.25) is 0 Å². The number of nitrogens with zero attached hydrogens (tertiary/aromatic N) is 8. The summed E-state index contributed by atoms with van der Waals surface area (Å²) in [7, 11) is 0. The normalized spacial score (nSPS) is 11.7. The maximum atomic E-state index is 9.91. The molecule has 0 unspecified atom stereocenters. The predicted octanol–water partition coefficient (Wildman–Crippen LogP) is 37.3. The molecule has 0 bridgehead atoms. The van der Waals surface area contributed by atoms with Crippen LogP contribution >= 0.6 is 22.7 Å². The fourth-order valence-corrected chi connectivity index (χ4v) is 26.7. The van der Waals surface area contributed by atoms with Gasteiger partial charge in [0.25, 0.3) is 0 Å². The van der Waals surface area contributed by atoms with E-state index in [0.29, 0.717) is 44.5 Å². The van der Waals surface area contributed by atoms with Crippen molar-refractivity contribution in [2.75, 3.05) is 0 Å². The van der Waals surface area contributed by atoms with Crippen LogP contribution in [0.5, 0.6) is 0 Å². The summed E-state index contributed by atoms with van der Waals surface area (Å²) in [5.74, 6) is 0. The van der Waals surface area contributed by atoms with Gasteiger partial charge in [0, 0.05) is 61.9 Å². The Balaban J connectivity index is 0.0000000930. The number of nitriles is 8. The smallest absolute Gasteiger partial charge is 0.136 e. The topological polar surface area (TPSA) is 217 Å². The third-order valence-electron chi connectivity index (χ3n) is 30.7. The average molecular weight is 1910 g/mol. The van der Waals surface area contributed by atoms with E-state index in [0.717, 1.165) is 184 Å². The standard InChI is InChI=1S/2C34H16N2O.2C34H16N2S/c35-17-19-13-26-27-16-32-28(23-9-5-6-12-31(23)37-32)15-30(27)34-25-11-4-2-8-22(25)21-7-1-3-10-24(21)33(34)29(26)14-20(19)18-36;35-17-19-13-26-27-15-28-23-9-5-6-12-31(23)37-32(28)16-30(27)34-25-11-4-2-8-22(25)21-7-1-3-10-24(21)33(34)29(26)14-20(19)18-36;35-17-19-13-26-27-16-32-28(23-9-5-6-12-31(23)37-32)15-30(27)34-25-11-4-2-8-22(25)21-7-1-3-10-24(21)33(34)29(26)14-20(19)18-36;35-17-19-13-26-27-15-28-23-9-5-6-12-31(23)37-32(28)16-30(27)34-25-11-4-2-8-22(25)21-7-1-3-10-24(21)33(34)29(26)14-20(19)18-36/h4*1-16H. The molecule has 0 amide bonds. The first-order valence-electron chi connectivity index (χ1n) is 48.6. The Morgan fingerprint density at radius 2 is 0.291 bits per heavy atom. The minimum atomic E-state index is 0.380. The number of rotatable bonds is 0. The molecule has 28 aromatic carbocycles. The first kappa shape index (κ1) is 84.2. The zero-order valence-corrected chi connectivity index (χ0v) is 79.8. The lowest BCUT2D eigenvalue weighted by Gasteiger charge is -2.17. The number of fused-ring (bicyclic) bond motifs is 56. The van der Waals surface area contributed by atoms with Crippen LogP contribution in [0.3, 0.4) is 0 Å². The number of thiophene rings is 2. The Labute approximate surface area is 848 Å². The van der Waals surface area contributed by atoms with Gasteiger partial charge in [0.1, 0.15) is 70.9 Å². The Kier molecular flexibility index (Phi) is 18.5. The number of benzene rings is 28. The quantitative estimate of drug-likeness (QED) is 0.131. The van der Waals surface area contributed by atoms with Crippen LogP contribution in [-0.4, -0.2) is 0 Å². The van der Waals surface area contributed by atoms with Crippen molar-refractivity contribution >= 4 is 322 Å². The number of furan rings is 2. The van der Waals surface area contributed by atoms with Gasteiger partial charge in [-0.05, 0) is 337 Å². The molecule has 0 radical (unpaired) electrons. The summed E-state index contributed by atoms with van der Waals surface area (Å²) in [5.41, 5.74) is 6.54. The summed E-state index contributed by atoms with van der Waals surface area (Å²) in [4.78, 5) is 0. The Morgan fingerprint density at radius 1 is 0.122 bits per heavy atom. The molecule has 4 heterocycles. The number of hydrogen-bond donors (Lipinski definition) is 0. The van der Waals surface area contributed by atoms with Crippen molar-refractivity contribution < 1.29 is 8.83 Å². The van der Waals surface area contributed by atoms with E-state index in [-0.39, 0.29) is 0 Å². The molecule has 0 saturated heterocycles. The van der Waals surface area contributed by atoms with Gasteiger partial charge in [0.2, 0.25) is 0 Å². The average Bonchev–Trinajstić information content (AvgIpc) is 1.14. The van der Waals surface area contributed by atoms with E-state index in [1.807, 2.05) is 96.3 Å². The van der Waals surface area contributed by atoms with Crippen molar-refractivity contribution in [3.05, 3.63) is 433 Å². The van der Waals surface area contributed by atoms with Gasteiger partial charge < -0.3 is 8.83 Å². The van der Waals surface area contributed by atoms with Gasteiger partial charge in [-0.25, -0.2) is 0 Å². The molecule has 4 aromatic heterocycles. The first-order chi connectivity index (χ1) is 73.1. The summed E-state index contributed by atoms with van der Waals surface area (Å²) >= 11 is 3.61. The Bertz CT molecular complexity index is 11600. The molecular weight excluding hydrogens is 1840 g/mol. The second kappa shape index (κ2) is 32.4. The van der Waals surface area contributed by atoms with Gasteiger partial charge in [0.15, 0.2) is 0 Å². The molecule has 0 N–H and O–H groups in total. The van der Waals surface area contributed by atoms with Gasteiger partial charge in [-0.1, -0.05) is 267 Å². The molecule has 0 aliphatic carbocycles. The molecule has 672 valence electrons. The molecule has 0 aliphatic heterocycles. The molecule has 0 atom stereocenters. The van der Waals surface area contributed by atoms with Crippen molar-refractivity contribution in [1.82, 2.24) is 0 Å². The molecule has 0 saturated carbocycles. The maximum absolute atomic E-state index is 9.91. The second-order valence-corrected chi connectivity index (χ2v) is 40.2. The van der Waals surface area contributed by atoms with E-state index >= 15 is 0 Å². The van der Waals surface area contributed by atoms with Crippen LogP contribution in [0.4, 0.5) is 0 Å². The number of hydrogen-bond acceptors (Lipinski definition) is 12. The highest BCUT2D eigenvalue weighted by atomic mass is 32.1. The van der Waals surface area contributed by atoms with Crippen LogP contribution in [0.25, 0.3) is 300 Å².